The summed E-state index contributed by atoms with van der Waals surface area (Å²) in [6.07, 6.45) is 2.18. The highest BCUT2D eigenvalue weighted by Crippen LogP contribution is 2.32. The zero-order valence-corrected chi connectivity index (χ0v) is 13.6. The van der Waals surface area contributed by atoms with Crippen molar-refractivity contribution < 1.29 is 19.0 Å². The molecule has 6 heteroatoms. The van der Waals surface area contributed by atoms with E-state index < -0.39 is 0 Å². The van der Waals surface area contributed by atoms with Gasteiger partial charge in [0.05, 0.1) is 18.2 Å². The topological polar surface area (TPSA) is 68.8 Å². The number of carbonyl (C=O) groups excluding carboxylic acids is 1. The lowest BCUT2D eigenvalue weighted by Gasteiger charge is -2.23. The van der Waals surface area contributed by atoms with E-state index in [1.807, 2.05) is 32.0 Å². The van der Waals surface area contributed by atoms with Crippen LogP contribution in [0.2, 0.25) is 0 Å². The molecule has 2 aliphatic rings. The molecule has 1 fully saturated rings. The number of rotatable bonds is 4. The van der Waals surface area contributed by atoms with Crippen molar-refractivity contribution in [2.75, 3.05) is 19.8 Å². The fourth-order valence-electron chi connectivity index (χ4n) is 2.95. The SMILES string of the molecule is C[C@H](NC(=O)N[C@H](C)[C@H]1CCCO1)c1ccc2c(c1)OCCO2. The first-order valence-electron chi connectivity index (χ1n) is 8.21. The van der Waals surface area contributed by atoms with E-state index in [4.69, 9.17) is 14.2 Å². The molecule has 1 aromatic carbocycles. The molecule has 0 aliphatic carbocycles. The largest absolute Gasteiger partial charge is 0.486 e. The molecule has 2 amide bonds. The molecule has 0 unspecified atom stereocenters. The van der Waals surface area contributed by atoms with Crippen molar-refractivity contribution in [1.82, 2.24) is 10.6 Å². The van der Waals surface area contributed by atoms with Gasteiger partial charge in [-0.15, -0.1) is 0 Å². The molecule has 3 rings (SSSR count). The van der Waals surface area contributed by atoms with Gasteiger partial charge in [-0.05, 0) is 44.4 Å². The van der Waals surface area contributed by atoms with E-state index in [0.29, 0.717) is 13.2 Å². The Balaban J connectivity index is 1.55. The molecule has 126 valence electrons. The summed E-state index contributed by atoms with van der Waals surface area (Å²) in [6, 6.07) is 5.45. The zero-order valence-electron chi connectivity index (χ0n) is 13.6. The van der Waals surface area contributed by atoms with Gasteiger partial charge in [-0.3, -0.25) is 0 Å². The van der Waals surface area contributed by atoms with Gasteiger partial charge < -0.3 is 24.8 Å². The van der Waals surface area contributed by atoms with Crippen LogP contribution >= 0.6 is 0 Å². The normalized spacial score (nSPS) is 22.3. The van der Waals surface area contributed by atoms with Crippen LogP contribution in [0, 0.1) is 0 Å². The highest BCUT2D eigenvalue weighted by Gasteiger charge is 2.24. The Morgan fingerprint density at radius 1 is 1.13 bits per heavy atom. The van der Waals surface area contributed by atoms with Gasteiger partial charge in [0.2, 0.25) is 0 Å². The minimum atomic E-state index is -0.185. The van der Waals surface area contributed by atoms with Crippen molar-refractivity contribution in [3.05, 3.63) is 23.8 Å². The van der Waals surface area contributed by atoms with Gasteiger partial charge in [-0.2, -0.15) is 0 Å². The van der Waals surface area contributed by atoms with E-state index in [0.717, 1.165) is 36.5 Å². The summed E-state index contributed by atoms with van der Waals surface area (Å²) in [5, 5.41) is 5.91. The molecule has 0 spiro atoms. The van der Waals surface area contributed by atoms with Crippen molar-refractivity contribution >= 4 is 6.03 Å². The van der Waals surface area contributed by atoms with Crippen LogP contribution < -0.4 is 20.1 Å². The van der Waals surface area contributed by atoms with Gasteiger partial charge in [0.1, 0.15) is 13.2 Å². The van der Waals surface area contributed by atoms with Crippen LogP contribution in [0.3, 0.4) is 0 Å². The number of carbonyl (C=O) groups is 1. The molecule has 3 atom stereocenters. The third kappa shape index (κ3) is 3.88. The number of hydrogen-bond acceptors (Lipinski definition) is 4. The van der Waals surface area contributed by atoms with Gasteiger partial charge in [0.15, 0.2) is 11.5 Å². The minimum Gasteiger partial charge on any atom is -0.486 e. The summed E-state index contributed by atoms with van der Waals surface area (Å²) in [7, 11) is 0. The Labute approximate surface area is 136 Å². The average molecular weight is 320 g/mol. The number of nitrogens with one attached hydrogen (secondary N) is 2. The van der Waals surface area contributed by atoms with Crippen LogP contribution in [-0.2, 0) is 4.74 Å². The number of hydrogen-bond donors (Lipinski definition) is 2. The molecular weight excluding hydrogens is 296 g/mol. The molecule has 1 saturated heterocycles. The maximum Gasteiger partial charge on any atom is 0.315 e. The minimum absolute atomic E-state index is 0.00460. The smallest absolute Gasteiger partial charge is 0.315 e. The summed E-state index contributed by atoms with van der Waals surface area (Å²) in [6.45, 7) is 5.83. The molecule has 1 aromatic rings. The summed E-state index contributed by atoms with van der Waals surface area (Å²) in [4.78, 5) is 12.1. The van der Waals surface area contributed by atoms with Crippen molar-refractivity contribution in [3.8, 4) is 11.5 Å². The van der Waals surface area contributed by atoms with Crippen molar-refractivity contribution in [2.24, 2.45) is 0 Å². The predicted molar refractivity (Wildman–Crippen MR) is 86.0 cm³/mol. The molecule has 2 heterocycles. The Bertz CT molecular complexity index is 558. The van der Waals surface area contributed by atoms with Crippen LogP contribution in [0.25, 0.3) is 0 Å². The lowest BCUT2D eigenvalue weighted by atomic mass is 10.1. The highest BCUT2D eigenvalue weighted by molar-refractivity contribution is 5.74. The van der Waals surface area contributed by atoms with Gasteiger partial charge in [0, 0.05) is 6.61 Å². The van der Waals surface area contributed by atoms with Crippen LogP contribution in [0.1, 0.15) is 38.3 Å². The lowest BCUT2D eigenvalue weighted by Crippen LogP contribution is -2.46. The monoisotopic (exact) mass is 320 g/mol. The second-order valence-electron chi connectivity index (χ2n) is 6.08. The van der Waals surface area contributed by atoms with Gasteiger partial charge in [0.25, 0.3) is 0 Å². The molecule has 2 aliphatic heterocycles. The average Bonchev–Trinajstić information content (AvgIpc) is 3.08. The Hall–Kier alpha value is -1.95. The van der Waals surface area contributed by atoms with Gasteiger partial charge in [-0.1, -0.05) is 6.07 Å². The highest BCUT2D eigenvalue weighted by atomic mass is 16.6. The quantitative estimate of drug-likeness (QED) is 0.894. The first-order chi connectivity index (χ1) is 11.1. The van der Waals surface area contributed by atoms with Crippen molar-refractivity contribution in [1.29, 1.82) is 0 Å². The van der Waals surface area contributed by atoms with Crippen LogP contribution in [-0.4, -0.2) is 38.0 Å². The summed E-state index contributed by atoms with van der Waals surface area (Å²) >= 11 is 0. The van der Waals surface area contributed by atoms with Crippen LogP contribution in [0.15, 0.2) is 18.2 Å². The van der Waals surface area contributed by atoms with Gasteiger partial charge in [-0.25, -0.2) is 4.79 Å². The molecule has 6 nitrogen and oxygen atoms in total. The number of ether oxygens (including phenoxy) is 3. The van der Waals surface area contributed by atoms with E-state index in [2.05, 4.69) is 10.6 Å². The summed E-state index contributed by atoms with van der Waals surface area (Å²) in [5.41, 5.74) is 0.981. The number of benzene rings is 1. The van der Waals surface area contributed by atoms with E-state index in [1.165, 1.54) is 0 Å². The molecule has 0 saturated carbocycles. The third-order valence-corrected chi connectivity index (χ3v) is 4.30. The molecule has 0 bridgehead atoms. The third-order valence-electron chi connectivity index (χ3n) is 4.30. The molecule has 0 radical (unpaired) electrons. The zero-order chi connectivity index (χ0) is 16.2. The molecular formula is C17H24N2O4. The van der Waals surface area contributed by atoms with Crippen LogP contribution in [0.4, 0.5) is 4.79 Å². The second kappa shape index (κ2) is 7.08. The van der Waals surface area contributed by atoms with Gasteiger partial charge >= 0.3 is 6.03 Å². The van der Waals surface area contributed by atoms with Crippen molar-refractivity contribution in [3.63, 3.8) is 0 Å². The maximum atomic E-state index is 12.1. The predicted octanol–water partition coefficient (Wildman–Crippen LogP) is 2.39. The first-order valence-corrected chi connectivity index (χ1v) is 8.21. The maximum absolute atomic E-state index is 12.1. The number of amides is 2. The molecule has 0 aromatic heterocycles. The van der Waals surface area contributed by atoms with E-state index in [-0.39, 0.29) is 24.2 Å². The Morgan fingerprint density at radius 3 is 2.65 bits per heavy atom. The number of fused-ring (bicyclic) bond motifs is 1. The molecule has 2 N–H and O–H groups in total. The first kappa shape index (κ1) is 15.9. The summed E-state index contributed by atoms with van der Waals surface area (Å²) in [5.74, 6) is 1.49. The standard InChI is InChI=1S/C17H24N2O4/c1-11(13-5-6-15-16(10-13)23-9-8-22-15)18-17(20)19-12(2)14-4-3-7-21-14/h5-6,10-12,14H,3-4,7-9H2,1-2H3,(H2,18,19,20)/t11-,12+,14+/m0/s1. The lowest BCUT2D eigenvalue weighted by molar-refractivity contribution is 0.0859. The molecule has 23 heavy (non-hydrogen) atoms. The Morgan fingerprint density at radius 2 is 1.91 bits per heavy atom. The fourth-order valence-corrected chi connectivity index (χ4v) is 2.95. The van der Waals surface area contributed by atoms with E-state index in [9.17, 15) is 4.79 Å². The summed E-state index contributed by atoms with van der Waals surface area (Å²) < 4.78 is 16.7. The number of urea groups is 1. The fraction of sp³-hybridized carbons (Fsp3) is 0.588. The van der Waals surface area contributed by atoms with Crippen molar-refractivity contribution in [2.45, 2.75) is 44.9 Å². The second-order valence-corrected chi connectivity index (χ2v) is 6.08. The Kier molecular flexibility index (Phi) is 4.91. The van der Waals surface area contributed by atoms with E-state index >= 15 is 0 Å². The van der Waals surface area contributed by atoms with Crippen LogP contribution in [0.5, 0.6) is 11.5 Å². The van der Waals surface area contributed by atoms with E-state index in [1.54, 1.807) is 0 Å².